The molecule has 4 aliphatic carbocycles. The van der Waals surface area contributed by atoms with E-state index < -0.39 is 23.8 Å². The van der Waals surface area contributed by atoms with Gasteiger partial charge in [0.15, 0.2) is 0 Å². The number of hydrogen-bond acceptors (Lipinski definition) is 6. The molecule has 1 aliphatic heterocycles. The molecule has 0 aromatic carbocycles. The lowest BCUT2D eigenvalue weighted by Gasteiger charge is -2.21. The van der Waals surface area contributed by atoms with Crippen molar-refractivity contribution in [2.24, 2.45) is 47.3 Å². The molecule has 0 amide bonds. The van der Waals surface area contributed by atoms with Crippen molar-refractivity contribution in [3.05, 3.63) is 24.3 Å². The number of esters is 3. The number of aliphatic carboxylic acids is 1. The van der Waals surface area contributed by atoms with Gasteiger partial charge < -0.3 is 14.6 Å². The Bertz CT molecular complexity index is 708. The normalized spacial score (nSPS) is 43.1. The van der Waals surface area contributed by atoms with Crippen molar-refractivity contribution in [3.63, 3.8) is 0 Å². The van der Waals surface area contributed by atoms with Crippen LogP contribution in [0.1, 0.15) is 12.8 Å². The average molecular weight is 360 g/mol. The van der Waals surface area contributed by atoms with E-state index in [9.17, 15) is 19.2 Å². The number of cyclic esters (lactones) is 2. The fourth-order valence-corrected chi connectivity index (χ4v) is 5.32. The Labute approximate surface area is 150 Å². The first-order valence-corrected chi connectivity index (χ1v) is 8.85. The van der Waals surface area contributed by atoms with Gasteiger partial charge in [-0.25, -0.2) is 0 Å². The van der Waals surface area contributed by atoms with Crippen LogP contribution in [0.4, 0.5) is 0 Å². The lowest BCUT2D eigenvalue weighted by molar-refractivity contribution is -0.156. The number of methoxy groups -OCH3 is 1. The summed E-state index contributed by atoms with van der Waals surface area (Å²) in [5.74, 6) is -2.62. The van der Waals surface area contributed by atoms with Crippen LogP contribution in [0, 0.1) is 47.3 Å². The lowest BCUT2D eigenvalue weighted by Crippen LogP contribution is -2.33. The third-order valence-corrected chi connectivity index (χ3v) is 6.42. The number of ether oxygens (including phenoxy) is 2. The Hall–Kier alpha value is -2.44. The van der Waals surface area contributed by atoms with Gasteiger partial charge in [0.05, 0.1) is 30.8 Å². The maximum atomic E-state index is 11.4. The van der Waals surface area contributed by atoms with E-state index in [1.807, 2.05) is 24.3 Å². The van der Waals surface area contributed by atoms with Crippen molar-refractivity contribution in [1.29, 1.82) is 0 Å². The van der Waals surface area contributed by atoms with Gasteiger partial charge in [-0.2, -0.15) is 0 Å². The molecular formula is C19H20O7. The maximum absolute atomic E-state index is 11.4. The summed E-state index contributed by atoms with van der Waals surface area (Å²) in [4.78, 5) is 44.7. The topological polar surface area (TPSA) is 107 Å². The molecule has 1 N–H and O–H groups in total. The van der Waals surface area contributed by atoms with E-state index in [1.165, 1.54) is 7.11 Å². The van der Waals surface area contributed by atoms with E-state index in [-0.39, 0.29) is 47.4 Å². The summed E-state index contributed by atoms with van der Waals surface area (Å²) in [7, 11) is 1.30. The minimum Gasteiger partial charge on any atom is -0.481 e. The number of carbonyl (C=O) groups is 4. The van der Waals surface area contributed by atoms with Gasteiger partial charge in [0, 0.05) is 0 Å². The monoisotopic (exact) mass is 360 g/mol. The van der Waals surface area contributed by atoms with Crippen LogP contribution in [0.5, 0.6) is 0 Å². The number of carboxylic acid groups (broad SMARTS) is 1. The molecule has 4 bridgehead atoms. The zero-order valence-electron chi connectivity index (χ0n) is 14.2. The van der Waals surface area contributed by atoms with Crippen molar-refractivity contribution in [2.75, 3.05) is 7.11 Å². The van der Waals surface area contributed by atoms with E-state index in [2.05, 4.69) is 9.47 Å². The molecule has 138 valence electrons. The van der Waals surface area contributed by atoms with Gasteiger partial charge in [-0.05, 0) is 36.5 Å². The van der Waals surface area contributed by atoms with Crippen molar-refractivity contribution in [1.82, 2.24) is 0 Å². The second-order valence-electron chi connectivity index (χ2n) is 7.60. The molecular weight excluding hydrogens is 340 g/mol. The molecule has 0 radical (unpaired) electrons. The molecule has 7 heteroatoms. The molecule has 5 aliphatic rings. The average Bonchev–Trinajstić information content (AvgIpc) is 3.40. The predicted octanol–water partition coefficient (Wildman–Crippen LogP) is 1.19. The Balaban J connectivity index is 0.000000130. The molecule has 3 fully saturated rings. The van der Waals surface area contributed by atoms with Gasteiger partial charge in [0.25, 0.3) is 0 Å². The molecule has 0 aromatic heterocycles. The minimum absolute atomic E-state index is 0.0154. The highest BCUT2D eigenvalue weighted by Crippen LogP contribution is 2.51. The first-order valence-electron chi connectivity index (χ1n) is 8.85. The van der Waals surface area contributed by atoms with E-state index in [0.29, 0.717) is 0 Å². The third kappa shape index (κ3) is 2.40. The molecule has 0 spiro atoms. The van der Waals surface area contributed by atoms with Gasteiger partial charge in [0.2, 0.25) is 0 Å². The van der Waals surface area contributed by atoms with Crippen LogP contribution in [0.3, 0.4) is 0 Å². The molecule has 5 rings (SSSR count). The summed E-state index contributed by atoms with van der Waals surface area (Å²) < 4.78 is 9.22. The molecule has 8 atom stereocenters. The van der Waals surface area contributed by atoms with Crippen LogP contribution in [0.25, 0.3) is 0 Å². The van der Waals surface area contributed by atoms with Crippen LogP contribution in [0.15, 0.2) is 24.3 Å². The molecule has 26 heavy (non-hydrogen) atoms. The number of allylic oxidation sites excluding steroid dienone is 4. The Morgan fingerprint density at radius 1 is 0.923 bits per heavy atom. The smallest absolute Gasteiger partial charge is 0.318 e. The van der Waals surface area contributed by atoms with Gasteiger partial charge in [-0.3, -0.25) is 19.2 Å². The standard InChI is InChI=1S/C10H12O4.C9H8O3/c1-14-10(13)8-6-3-2-5(4-6)7(8)9(11)12;10-8-6-4-1-2-5(3-4)7(6)9(11)12-8/h2-3,5-8H,4H2,1H3,(H,11,12);1-2,4-7H,3H2/t5?,6-,7-,8+;4-,5?,6?,7-/m00/s1. The van der Waals surface area contributed by atoms with E-state index in [4.69, 9.17) is 5.11 Å². The van der Waals surface area contributed by atoms with Crippen molar-refractivity contribution in [3.8, 4) is 0 Å². The molecule has 1 saturated heterocycles. The quantitative estimate of drug-likeness (QED) is 0.448. The van der Waals surface area contributed by atoms with Gasteiger partial charge >= 0.3 is 23.9 Å². The molecule has 1 heterocycles. The second kappa shape index (κ2) is 6.07. The zero-order valence-corrected chi connectivity index (χ0v) is 14.2. The first kappa shape index (κ1) is 17.0. The summed E-state index contributed by atoms with van der Waals surface area (Å²) in [6.45, 7) is 0. The number of rotatable bonds is 2. The highest BCUT2D eigenvalue weighted by Gasteiger charge is 2.58. The number of fused-ring (bicyclic) bond motifs is 7. The molecule has 0 aromatic rings. The predicted molar refractivity (Wildman–Crippen MR) is 86.2 cm³/mol. The number of carbonyl (C=O) groups excluding carboxylic acids is 3. The molecule has 3 unspecified atom stereocenters. The minimum atomic E-state index is -0.891. The summed E-state index contributed by atoms with van der Waals surface area (Å²) in [6, 6.07) is 0. The maximum Gasteiger partial charge on any atom is 0.318 e. The van der Waals surface area contributed by atoms with Crippen molar-refractivity contribution >= 4 is 23.9 Å². The van der Waals surface area contributed by atoms with Crippen LogP contribution in [-0.4, -0.2) is 36.1 Å². The van der Waals surface area contributed by atoms with Crippen LogP contribution in [0.2, 0.25) is 0 Å². The van der Waals surface area contributed by atoms with Crippen LogP contribution >= 0.6 is 0 Å². The van der Waals surface area contributed by atoms with E-state index >= 15 is 0 Å². The largest absolute Gasteiger partial charge is 0.481 e. The highest BCUT2D eigenvalue weighted by atomic mass is 16.6. The van der Waals surface area contributed by atoms with E-state index in [1.54, 1.807) is 0 Å². The fourth-order valence-electron chi connectivity index (χ4n) is 5.32. The molecule has 2 saturated carbocycles. The van der Waals surface area contributed by atoms with E-state index in [0.717, 1.165) is 12.8 Å². The number of hydrogen-bond donors (Lipinski definition) is 1. The fraction of sp³-hybridized carbons (Fsp3) is 0.579. The Morgan fingerprint density at radius 2 is 1.38 bits per heavy atom. The summed E-state index contributed by atoms with van der Waals surface area (Å²) in [5, 5.41) is 9.01. The van der Waals surface area contributed by atoms with Crippen molar-refractivity contribution < 1.29 is 33.8 Å². The van der Waals surface area contributed by atoms with Gasteiger partial charge in [0.1, 0.15) is 0 Å². The summed E-state index contributed by atoms with van der Waals surface area (Å²) >= 11 is 0. The lowest BCUT2D eigenvalue weighted by atomic mass is 9.83. The summed E-state index contributed by atoms with van der Waals surface area (Å²) in [5.41, 5.74) is 0. The van der Waals surface area contributed by atoms with Crippen LogP contribution < -0.4 is 0 Å². The third-order valence-electron chi connectivity index (χ3n) is 6.42. The van der Waals surface area contributed by atoms with Gasteiger partial charge in [-0.15, -0.1) is 0 Å². The van der Waals surface area contributed by atoms with Gasteiger partial charge in [-0.1, -0.05) is 24.3 Å². The van der Waals surface area contributed by atoms with Crippen LogP contribution in [-0.2, 0) is 28.7 Å². The number of carboxylic acids is 1. The Morgan fingerprint density at radius 3 is 1.88 bits per heavy atom. The SMILES string of the molecule is COC(=O)[C@@H]1[C@H]2C=CC(C2)[C@@H]1C(=O)O.O=C1OC(=O)[C@H]2C3C=C[C@@H](C3)C12. The van der Waals surface area contributed by atoms with Crippen molar-refractivity contribution in [2.45, 2.75) is 12.8 Å². The summed E-state index contributed by atoms with van der Waals surface area (Å²) in [6.07, 6.45) is 9.68. The molecule has 7 nitrogen and oxygen atoms in total. The second-order valence-corrected chi connectivity index (χ2v) is 7.60. The zero-order chi connectivity index (χ0) is 18.6. The highest BCUT2D eigenvalue weighted by molar-refractivity contribution is 5.98. The first-order chi connectivity index (χ1) is 12.4. The Kier molecular flexibility index (Phi) is 3.97.